The molecule has 0 bridgehead atoms. The highest BCUT2D eigenvalue weighted by Gasteiger charge is 2.33. The lowest BCUT2D eigenvalue weighted by atomic mass is 10.1. The van der Waals surface area contributed by atoms with Gasteiger partial charge in [-0.15, -0.1) is 11.6 Å². The molecule has 6 nitrogen and oxygen atoms in total. The Bertz CT molecular complexity index is 1030. The molecule has 0 amide bonds. The van der Waals surface area contributed by atoms with Gasteiger partial charge in [-0.05, 0) is 18.1 Å². The predicted molar refractivity (Wildman–Crippen MR) is 112 cm³/mol. The molecule has 0 N–H and O–H groups in total. The zero-order chi connectivity index (χ0) is 22.0. The molecule has 1 aliphatic rings. The van der Waals surface area contributed by atoms with E-state index in [0.717, 1.165) is 50.8 Å². The molecule has 0 unspecified atom stereocenters. The van der Waals surface area contributed by atoms with Gasteiger partial charge in [0.25, 0.3) is 0 Å². The van der Waals surface area contributed by atoms with Gasteiger partial charge in [0.05, 0.1) is 0 Å². The van der Waals surface area contributed by atoms with Gasteiger partial charge in [-0.25, -0.2) is 15.0 Å². The van der Waals surface area contributed by atoms with Crippen LogP contribution in [0.25, 0.3) is 5.82 Å². The van der Waals surface area contributed by atoms with E-state index in [1.165, 1.54) is 10.1 Å². The molecule has 0 spiro atoms. The lowest BCUT2D eigenvalue weighted by molar-refractivity contribution is -0.140. The summed E-state index contributed by atoms with van der Waals surface area (Å²) in [6.45, 7) is 5.85. The average molecular weight is 451 g/mol. The van der Waals surface area contributed by atoms with Crippen molar-refractivity contribution in [3.8, 4) is 5.82 Å². The molecule has 3 heterocycles. The number of hydrogen-bond donors (Lipinski definition) is 0. The van der Waals surface area contributed by atoms with Gasteiger partial charge in [0.1, 0.15) is 23.8 Å². The maximum atomic E-state index is 12.9. The first-order chi connectivity index (χ1) is 14.8. The Morgan fingerprint density at radius 2 is 1.61 bits per heavy atom. The molecule has 10 heteroatoms. The van der Waals surface area contributed by atoms with E-state index in [1.54, 1.807) is 13.0 Å². The molecule has 1 aromatic carbocycles. The van der Waals surface area contributed by atoms with Crippen molar-refractivity contribution in [2.45, 2.75) is 25.5 Å². The molecule has 3 aromatic rings. The Hall–Kier alpha value is -2.65. The number of alkyl halides is 4. The normalized spacial score (nSPS) is 15.5. The van der Waals surface area contributed by atoms with Crippen LogP contribution in [0.15, 0.2) is 42.9 Å². The molecule has 0 atom stereocenters. The standard InChI is InChI=1S/C21H22ClF3N6/c1-15-27-19(10-20(28-15)31-13-18(26-14-31)21(23,24)25)30-8-6-29(7-9-30)12-17-4-2-16(11-22)3-5-17/h2-5,10,13-14H,6-9,11-12H2,1H3. The number of benzene rings is 1. The minimum Gasteiger partial charge on any atom is -0.354 e. The average Bonchev–Trinajstić information content (AvgIpc) is 3.25. The maximum Gasteiger partial charge on any atom is 0.434 e. The second kappa shape index (κ2) is 8.84. The van der Waals surface area contributed by atoms with E-state index in [9.17, 15) is 13.2 Å². The van der Waals surface area contributed by atoms with Crippen molar-refractivity contribution in [3.05, 3.63) is 65.5 Å². The van der Waals surface area contributed by atoms with Crippen LogP contribution in [-0.2, 0) is 18.6 Å². The summed E-state index contributed by atoms with van der Waals surface area (Å²) in [6.07, 6.45) is -2.42. The van der Waals surface area contributed by atoms with Crippen LogP contribution in [0, 0.1) is 6.92 Å². The smallest absolute Gasteiger partial charge is 0.354 e. The number of piperazine rings is 1. The first-order valence-electron chi connectivity index (χ1n) is 9.90. The van der Waals surface area contributed by atoms with E-state index >= 15 is 0 Å². The lowest BCUT2D eigenvalue weighted by Crippen LogP contribution is -2.46. The van der Waals surface area contributed by atoms with Crippen LogP contribution in [0.2, 0.25) is 0 Å². The third kappa shape index (κ3) is 5.16. The van der Waals surface area contributed by atoms with Crippen molar-refractivity contribution in [1.82, 2.24) is 24.4 Å². The van der Waals surface area contributed by atoms with E-state index in [2.05, 4.69) is 36.9 Å². The van der Waals surface area contributed by atoms with E-state index < -0.39 is 11.9 Å². The van der Waals surface area contributed by atoms with Crippen LogP contribution in [0.1, 0.15) is 22.6 Å². The number of aryl methyl sites for hydroxylation is 1. The molecular formula is C21H22ClF3N6. The number of halogens is 4. The van der Waals surface area contributed by atoms with E-state index in [0.29, 0.717) is 23.3 Å². The number of imidazole rings is 1. The zero-order valence-electron chi connectivity index (χ0n) is 17.0. The Kier molecular flexibility index (Phi) is 6.15. The fourth-order valence-corrected chi connectivity index (χ4v) is 3.73. The van der Waals surface area contributed by atoms with Crippen LogP contribution in [0.3, 0.4) is 0 Å². The predicted octanol–water partition coefficient (Wildman–Crippen LogP) is 4.05. The van der Waals surface area contributed by atoms with Gasteiger partial charge < -0.3 is 4.90 Å². The highest BCUT2D eigenvalue weighted by molar-refractivity contribution is 6.17. The molecule has 164 valence electrons. The fourth-order valence-electron chi connectivity index (χ4n) is 3.55. The fraction of sp³-hybridized carbons (Fsp3) is 0.381. The largest absolute Gasteiger partial charge is 0.434 e. The first-order valence-corrected chi connectivity index (χ1v) is 10.4. The van der Waals surface area contributed by atoms with Gasteiger partial charge in [-0.3, -0.25) is 9.47 Å². The summed E-state index contributed by atoms with van der Waals surface area (Å²) in [5.74, 6) is 2.08. The summed E-state index contributed by atoms with van der Waals surface area (Å²) in [5, 5.41) is 0. The topological polar surface area (TPSA) is 50.1 Å². The molecule has 0 aliphatic carbocycles. The van der Waals surface area contributed by atoms with E-state index in [4.69, 9.17) is 11.6 Å². The van der Waals surface area contributed by atoms with Crippen LogP contribution in [-0.4, -0.2) is 50.6 Å². The van der Waals surface area contributed by atoms with Gasteiger partial charge in [0.2, 0.25) is 0 Å². The number of aromatic nitrogens is 4. The zero-order valence-corrected chi connectivity index (χ0v) is 17.7. The molecule has 1 saturated heterocycles. The number of hydrogen-bond acceptors (Lipinski definition) is 5. The number of rotatable bonds is 5. The molecule has 31 heavy (non-hydrogen) atoms. The molecule has 4 rings (SSSR count). The second-order valence-corrected chi connectivity index (χ2v) is 7.78. The van der Waals surface area contributed by atoms with Gasteiger partial charge in [-0.2, -0.15) is 13.2 Å². The molecule has 2 aromatic heterocycles. The Morgan fingerprint density at radius 3 is 2.23 bits per heavy atom. The molecule has 1 aliphatic heterocycles. The Labute approximate surface area is 183 Å². The maximum absolute atomic E-state index is 12.9. The van der Waals surface area contributed by atoms with Crippen molar-refractivity contribution in [2.75, 3.05) is 31.1 Å². The van der Waals surface area contributed by atoms with Crippen LogP contribution in [0.5, 0.6) is 0 Å². The molecule has 1 fully saturated rings. The molecule has 0 radical (unpaired) electrons. The van der Waals surface area contributed by atoms with Crippen molar-refractivity contribution in [2.24, 2.45) is 0 Å². The second-order valence-electron chi connectivity index (χ2n) is 7.51. The summed E-state index contributed by atoms with van der Waals surface area (Å²) in [6, 6.07) is 10.00. The van der Waals surface area contributed by atoms with Crippen molar-refractivity contribution >= 4 is 17.4 Å². The summed E-state index contributed by atoms with van der Waals surface area (Å²) in [4.78, 5) is 16.7. The number of anilines is 1. The Morgan fingerprint density at radius 1 is 0.968 bits per heavy atom. The monoisotopic (exact) mass is 450 g/mol. The van der Waals surface area contributed by atoms with Crippen molar-refractivity contribution < 1.29 is 13.2 Å². The first kappa shape index (κ1) is 21.6. The van der Waals surface area contributed by atoms with E-state index in [1.807, 2.05) is 12.1 Å². The summed E-state index contributed by atoms with van der Waals surface area (Å²) >= 11 is 5.85. The van der Waals surface area contributed by atoms with Crippen molar-refractivity contribution in [3.63, 3.8) is 0 Å². The summed E-state index contributed by atoms with van der Waals surface area (Å²) < 4.78 is 39.9. The van der Waals surface area contributed by atoms with E-state index in [-0.39, 0.29) is 0 Å². The quantitative estimate of drug-likeness (QED) is 0.549. The van der Waals surface area contributed by atoms with Gasteiger partial charge >= 0.3 is 6.18 Å². The summed E-state index contributed by atoms with van der Waals surface area (Å²) in [5.41, 5.74) is 1.39. The molecule has 0 saturated carbocycles. The SMILES string of the molecule is Cc1nc(N2CCN(Cc3ccc(CCl)cc3)CC2)cc(-n2cnc(C(F)(F)F)c2)n1. The van der Waals surface area contributed by atoms with Crippen LogP contribution < -0.4 is 4.90 Å². The third-order valence-electron chi connectivity index (χ3n) is 5.23. The summed E-state index contributed by atoms with van der Waals surface area (Å²) in [7, 11) is 0. The Balaban J connectivity index is 1.43. The lowest BCUT2D eigenvalue weighted by Gasteiger charge is -2.35. The van der Waals surface area contributed by atoms with Crippen molar-refractivity contribution in [1.29, 1.82) is 0 Å². The van der Waals surface area contributed by atoms with Crippen LogP contribution in [0.4, 0.5) is 19.0 Å². The van der Waals surface area contributed by atoms with Gasteiger partial charge in [-0.1, -0.05) is 24.3 Å². The highest BCUT2D eigenvalue weighted by atomic mass is 35.5. The molecular weight excluding hydrogens is 429 g/mol. The van der Waals surface area contributed by atoms with Gasteiger partial charge in [0.15, 0.2) is 5.69 Å². The van der Waals surface area contributed by atoms with Crippen LogP contribution >= 0.6 is 11.6 Å². The third-order valence-corrected chi connectivity index (χ3v) is 5.54. The minimum atomic E-state index is -4.49. The minimum absolute atomic E-state index is 0.368. The highest BCUT2D eigenvalue weighted by Crippen LogP contribution is 2.28. The van der Waals surface area contributed by atoms with Gasteiger partial charge in [0, 0.05) is 50.9 Å². The number of nitrogens with zero attached hydrogens (tertiary/aromatic N) is 6.